The first-order valence-electron chi connectivity index (χ1n) is 10.1. The molecule has 0 aromatic heterocycles. The molecule has 1 N–H and O–H groups in total. The molecule has 2 aliphatic rings. The highest BCUT2D eigenvalue weighted by Gasteiger charge is 2.44. The standard InChI is InChI=1S/C25H22O6/c1-14-4-3-5-15(10-14)22-18-8-7-17(28-2)12-20(18)31-25(27)23(22)24(26)16-6-9-19-21(11-16)30-13-29-19/h3-12,22-24,26H,13H2,1-2H3. The molecule has 6 nitrogen and oxygen atoms in total. The van der Waals surface area contributed by atoms with Crippen molar-refractivity contribution in [2.24, 2.45) is 5.92 Å². The van der Waals surface area contributed by atoms with Crippen molar-refractivity contribution in [3.63, 3.8) is 0 Å². The fourth-order valence-corrected chi connectivity index (χ4v) is 4.36. The average Bonchev–Trinajstić information content (AvgIpc) is 3.25. The average molecular weight is 418 g/mol. The Kier molecular flexibility index (Phi) is 4.79. The summed E-state index contributed by atoms with van der Waals surface area (Å²) in [7, 11) is 1.57. The number of aryl methyl sites for hydroxylation is 1. The van der Waals surface area contributed by atoms with Crippen molar-refractivity contribution >= 4 is 5.97 Å². The van der Waals surface area contributed by atoms with Crippen LogP contribution in [-0.4, -0.2) is 25.0 Å². The monoisotopic (exact) mass is 418 g/mol. The molecule has 3 atom stereocenters. The molecule has 0 radical (unpaired) electrons. The molecule has 0 fully saturated rings. The molecule has 0 aliphatic carbocycles. The lowest BCUT2D eigenvalue weighted by Crippen LogP contribution is -2.36. The van der Waals surface area contributed by atoms with E-state index < -0.39 is 18.0 Å². The number of aliphatic hydroxyl groups excluding tert-OH is 1. The lowest BCUT2D eigenvalue weighted by molar-refractivity contribution is -0.145. The molecule has 0 spiro atoms. The maximum Gasteiger partial charge on any atom is 0.318 e. The van der Waals surface area contributed by atoms with Crippen molar-refractivity contribution < 1.29 is 28.8 Å². The summed E-state index contributed by atoms with van der Waals surface area (Å²) < 4.78 is 21.8. The maximum absolute atomic E-state index is 13.2. The van der Waals surface area contributed by atoms with Crippen LogP contribution in [0.4, 0.5) is 0 Å². The fourth-order valence-electron chi connectivity index (χ4n) is 4.36. The lowest BCUT2D eigenvalue weighted by atomic mass is 9.74. The molecule has 31 heavy (non-hydrogen) atoms. The number of ether oxygens (including phenoxy) is 4. The van der Waals surface area contributed by atoms with Crippen molar-refractivity contribution in [1.82, 2.24) is 0 Å². The highest BCUT2D eigenvalue weighted by Crippen LogP contribution is 2.48. The zero-order chi connectivity index (χ0) is 21.5. The van der Waals surface area contributed by atoms with Crippen molar-refractivity contribution in [3.8, 4) is 23.0 Å². The Labute approximate surface area is 179 Å². The first-order chi connectivity index (χ1) is 15.0. The minimum atomic E-state index is -1.09. The Morgan fingerprint density at radius 2 is 1.84 bits per heavy atom. The van der Waals surface area contributed by atoms with E-state index >= 15 is 0 Å². The smallest absolute Gasteiger partial charge is 0.318 e. The zero-order valence-corrected chi connectivity index (χ0v) is 17.2. The number of esters is 1. The minimum absolute atomic E-state index is 0.140. The number of hydrogen-bond acceptors (Lipinski definition) is 6. The fraction of sp³-hybridized carbons (Fsp3) is 0.240. The second kappa shape index (κ2) is 7.63. The van der Waals surface area contributed by atoms with Crippen LogP contribution in [0.15, 0.2) is 60.7 Å². The van der Waals surface area contributed by atoms with Crippen LogP contribution in [0, 0.1) is 12.8 Å². The van der Waals surface area contributed by atoms with E-state index in [4.69, 9.17) is 18.9 Å². The van der Waals surface area contributed by atoms with Gasteiger partial charge in [0.2, 0.25) is 6.79 Å². The van der Waals surface area contributed by atoms with Gasteiger partial charge < -0.3 is 24.1 Å². The Balaban J connectivity index is 1.62. The van der Waals surface area contributed by atoms with Crippen LogP contribution in [0.25, 0.3) is 0 Å². The molecule has 3 aromatic rings. The van der Waals surface area contributed by atoms with Crippen LogP contribution in [0.2, 0.25) is 0 Å². The van der Waals surface area contributed by atoms with E-state index in [2.05, 4.69) is 0 Å². The molecule has 158 valence electrons. The Morgan fingerprint density at radius 3 is 2.65 bits per heavy atom. The van der Waals surface area contributed by atoms with Gasteiger partial charge in [-0.3, -0.25) is 4.79 Å². The van der Waals surface area contributed by atoms with Gasteiger partial charge >= 0.3 is 5.97 Å². The number of rotatable bonds is 4. The Hall–Kier alpha value is -3.51. The zero-order valence-electron chi connectivity index (χ0n) is 17.2. The molecular formula is C25H22O6. The predicted octanol–water partition coefficient (Wildman–Crippen LogP) is 4.13. The van der Waals surface area contributed by atoms with Gasteiger partial charge in [0.25, 0.3) is 0 Å². The molecule has 2 aliphatic heterocycles. The van der Waals surface area contributed by atoms with Crippen LogP contribution in [0.5, 0.6) is 23.0 Å². The summed E-state index contributed by atoms with van der Waals surface area (Å²) in [5, 5.41) is 11.4. The van der Waals surface area contributed by atoms with Gasteiger partial charge in [-0.2, -0.15) is 0 Å². The van der Waals surface area contributed by atoms with Crippen LogP contribution in [0.3, 0.4) is 0 Å². The van der Waals surface area contributed by atoms with Crippen LogP contribution < -0.4 is 18.9 Å². The molecule has 0 amide bonds. The van der Waals surface area contributed by atoms with Gasteiger partial charge in [-0.25, -0.2) is 0 Å². The van der Waals surface area contributed by atoms with E-state index in [1.807, 2.05) is 43.3 Å². The first-order valence-corrected chi connectivity index (χ1v) is 10.1. The lowest BCUT2D eigenvalue weighted by Gasteiger charge is -2.35. The van der Waals surface area contributed by atoms with E-state index in [1.54, 1.807) is 31.4 Å². The van der Waals surface area contributed by atoms with Crippen molar-refractivity contribution in [2.45, 2.75) is 18.9 Å². The topological polar surface area (TPSA) is 74.2 Å². The molecule has 0 saturated carbocycles. The summed E-state index contributed by atoms with van der Waals surface area (Å²) in [5.74, 6) is 0.519. The van der Waals surface area contributed by atoms with Crippen LogP contribution in [0.1, 0.15) is 34.3 Å². The van der Waals surface area contributed by atoms with Gasteiger partial charge in [0.15, 0.2) is 11.5 Å². The normalized spacial score (nSPS) is 20.0. The Morgan fingerprint density at radius 1 is 1.00 bits per heavy atom. The molecule has 3 unspecified atom stereocenters. The molecule has 5 rings (SSSR count). The third-order valence-electron chi connectivity index (χ3n) is 5.88. The second-order valence-electron chi connectivity index (χ2n) is 7.80. The second-order valence-corrected chi connectivity index (χ2v) is 7.80. The number of aliphatic hydroxyl groups is 1. The minimum Gasteiger partial charge on any atom is -0.497 e. The third kappa shape index (κ3) is 3.39. The number of fused-ring (bicyclic) bond motifs is 2. The van der Waals surface area contributed by atoms with E-state index in [1.165, 1.54) is 0 Å². The summed E-state index contributed by atoms with van der Waals surface area (Å²) in [6.07, 6.45) is -1.09. The number of methoxy groups -OCH3 is 1. The molecule has 6 heteroatoms. The largest absolute Gasteiger partial charge is 0.497 e. The third-order valence-corrected chi connectivity index (χ3v) is 5.88. The van der Waals surface area contributed by atoms with Gasteiger partial charge in [0.05, 0.1) is 19.1 Å². The molecule has 0 saturated heterocycles. The molecule has 0 bridgehead atoms. The summed E-state index contributed by atoms with van der Waals surface area (Å²) in [6, 6.07) is 18.6. The number of carbonyl (C=O) groups excluding carboxylic acids is 1. The van der Waals surface area contributed by atoms with E-state index in [9.17, 15) is 9.90 Å². The summed E-state index contributed by atoms with van der Waals surface area (Å²) in [4.78, 5) is 13.2. The summed E-state index contributed by atoms with van der Waals surface area (Å²) in [5.41, 5.74) is 3.41. The SMILES string of the molecule is COc1ccc2c(c1)OC(=O)C(C(O)c1ccc3c(c1)OCO3)C2c1cccc(C)c1. The first kappa shape index (κ1) is 19.5. The molecular weight excluding hydrogens is 396 g/mol. The van der Waals surface area contributed by atoms with Crippen LogP contribution in [-0.2, 0) is 4.79 Å². The number of carbonyl (C=O) groups is 1. The quantitative estimate of drug-likeness (QED) is 0.507. The molecule has 2 heterocycles. The highest BCUT2D eigenvalue weighted by molar-refractivity contribution is 5.81. The van der Waals surface area contributed by atoms with E-state index in [-0.39, 0.29) is 12.7 Å². The van der Waals surface area contributed by atoms with Gasteiger partial charge in [-0.1, -0.05) is 42.0 Å². The van der Waals surface area contributed by atoms with Crippen molar-refractivity contribution in [1.29, 1.82) is 0 Å². The van der Waals surface area contributed by atoms with Gasteiger partial charge in [0.1, 0.15) is 11.5 Å². The van der Waals surface area contributed by atoms with Gasteiger partial charge in [-0.15, -0.1) is 0 Å². The molecule has 3 aromatic carbocycles. The van der Waals surface area contributed by atoms with Crippen molar-refractivity contribution in [2.75, 3.05) is 13.9 Å². The highest BCUT2D eigenvalue weighted by atomic mass is 16.7. The number of hydrogen-bond donors (Lipinski definition) is 1. The predicted molar refractivity (Wildman–Crippen MR) is 113 cm³/mol. The van der Waals surface area contributed by atoms with E-state index in [0.717, 1.165) is 16.7 Å². The van der Waals surface area contributed by atoms with Crippen molar-refractivity contribution in [3.05, 3.63) is 82.9 Å². The summed E-state index contributed by atoms with van der Waals surface area (Å²) in [6.45, 7) is 2.14. The van der Waals surface area contributed by atoms with E-state index in [0.29, 0.717) is 28.6 Å². The van der Waals surface area contributed by atoms with Gasteiger partial charge in [0, 0.05) is 17.5 Å². The van der Waals surface area contributed by atoms with Crippen LogP contribution >= 0.6 is 0 Å². The maximum atomic E-state index is 13.2. The Bertz CT molecular complexity index is 1150. The summed E-state index contributed by atoms with van der Waals surface area (Å²) >= 11 is 0. The number of benzene rings is 3. The van der Waals surface area contributed by atoms with Gasteiger partial charge in [-0.05, 0) is 36.2 Å².